The predicted octanol–water partition coefficient (Wildman–Crippen LogP) is 3.84. The summed E-state index contributed by atoms with van der Waals surface area (Å²) in [5, 5.41) is 34.7. The summed E-state index contributed by atoms with van der Waals surface area (Å²) in [5.41, 5.74) is 7.32. The molecule has 3 N–H and O–H groups in total. The summed E-state index contributed by atoms with van der Waals surface area (Å²) in [7, 11) is 0. The number of nitrogens with one attached hydrogen (secondary N) is 1. The number of benzene rings is 1. The predicted molar refractivity (Wildman–Crippen MR) is 168 cm³/mol. The Morgan fingerprint density at radius 2 is 2.05 bits per heavy atom. The van der Waals surface area contributed by atoms with Crippen molar-refractivity contribution < 1.29 is 15.0 Å². The summed E-state index contributed by atoms with van der Waals surface area (Å²) in [4.78, 5) is 29.6. The van der Waals surface area contributed by atoms with Crippen LogP contribution in [0.1, 0.15) is 60.1 Å². The number of pyridine rings is 1. The molecule has 0 amide bonds. The van der Waals surface area contributed by atoms with Crippen molar-refractivity contribution in [1.29, 1.82) is 5.26 Å². The number of aliphatic hydroxyl groups excluding tert-OH is 1. The molecule has 4 aromatic rings. The molecule has 44 heavy (non-hydrogen) atoms. The Hall–Kier alpha value is -4.11. The molecule has 0 spiro atoms. The monoisotopic (exact) mass is 610 g/mol. The van der Waals surface area contributed by atoms with Gasteiger partial charge in [0.1, 0.15) is 0 Å². The van der Waals surface area contributed by atoms with Crippen molar-refractivity contribution >= 4 is 33.7 Å². The topological polar surface area (TPSA) is 144 Å². The Kier molecular flexibility index (Phi) is 7.23. The number of nitrogens with zero attached hydrogens (tertiary/aromatic N) is 5. The van der Waals surface area contributed by atoms with Crippen LogP contribution in [0, 0.1) is 17.2 Å². The first-order chi connectivity index (χ1) is 21.3. The number of fused-ring (bicyclic) bond motifs is 4. The van der Waals surface area contributed by atoms with Crippen molar-refractivity contribution in [2.75, 3.05) is 24.6 Å². The second-order valence-corrected chi connectivity index (χ2v) is 13.8. The van der Waals surface area contributed by atoms with Gasteiger partial charge in [-0.15, -0.1) is 11.3 Å². The molecule has 4 atom stereocenters. The third-order valence-corrected chi connectivity index (χ3v) is 10.9. The molecular formula is C33H34N6O4S. The second kappa shape index (κ2) is 11.1. The maximum Gasteiger partial charge on any atom is 0.290 e. The standard InChI is InChI=1S/C32H32N6O2S.CH2O2/c1-32(3-4-32)20-9-29(40)38(36-13-20)16-23-11-28-31(41-23)24(2-5-34-28)26-6-18(12-33)7-27-25-8-19(25)15-37(30(26)27)22-10-21(17-39)35-14-22;2-1-3/h2,5-7,9,11,13,19,21-22,25,35,39H,3-4,8,10,14-17H2,1H3;1H,(H,2,3)/t19-,21+,22-,25-;/m0./s1. The molecule has 3 fully saturated rings. The molecule has 8 rings (SSSR count). The highest BCUT2D eigenvalue weighted by Crippen LogP contribution is 2.58. The van der Waals surface area contributed by atoms with E-state index in [1.165, 1.54) is 15.9 Å². The molecular weight excluding hydrogens is 576 g/mol. The molecule has 226 valence electrons. The first-order valence-corrected chi connectivity index (χ1v) is 15.9. The van der Waals surface area contributed by atoms with Crippen LogP contribution in [-0.4, -0.2) is 63.2 Å². The van der Waals surface area contributed by atoms with E-state index in [-0.39, 0.29) is 30.1 Å². The summed E-state index contributed by atoms with van der Waals surface area (Å²) in [5.74, 6) is 1.13. The van der Waals surface area contributed by atoms with Crippen molar-refractivity contribution in [2.45, 2.75) is 62.6 Å². The minimum Gasteiger partial charge on any atom is -0.483 e. The lowest BCUT2D eigenvalue weighted by Crippen LogP contribution is -2.41. The first-order valence-electron chi connectivity index (χ1n) is 15.1. The minimum atomic E-state index is -0.250. The fourth-order valence-electron chi connectivity index (χ4n) is 6.99. The number of hydrogen-bond acceptors (Lipinski definition) is 9. The average Bonchev–Trinajstić information content (AvgIpc) is 3.87. The van der Waals surface area contributed by atoms with Crippen molar-refractivity contribution in [2.24, 2.45) is 5.92 Å². The van der Waals surface area contributed by atoms with E-state index in [9.17, 15) is 15.2 Å². The molecule has 0 unspecified atom stereocenters. The van der Waals surface area contributed by atoms with Gasteiger partial charge >= 0.3 is 0 Å². The number of aromatic nitrogens is 3. The van der Waals surface area contributed by atoms with Crippen LogP contribution >= 0.6 is 11.3 Å². The van der Waals surface area contributed by atoms with Crippen molar-refractivity contribution in [3.8, 4) is 17.2 Å². The number of carboxylic acid groups (broad SMARTS) is 1. The molecule has 5 heterocycles. The van der Waals surface area contributed by atoms with Crippen LogP contribution in [0.15, 0.2) is 47.5 Å². The van der Waals surface area contributed by atoms with E-state index in [1.54, 1.807) is 17.4 Å². The SMILES string of the molecule is CC1(c2cnn(Cc3cc4nccc(-c5cc(C#N)cc6c5N([C@@H]5CN[C@@H](CO)C5)C[C@@H]5C[C@H]65)c4s3)c(=O)c2)CC1.O=CO. The van der Waals surface area contributed by atoms with E-state index in [2.05, 4.69) is 51.5 Å². The van der Waals surface area contributed by atoms with Gasteiger partial charge in [-0.1, -0.05) is 6.92 Å². The molecule has 1 saturated heterocycles. The van der Waals surface area contributed by atoms with Gasteiger partial charge in [0.05, 0.1) is 41.2 Å². The van der Waals surface area contributed by atoms with E-state index in [4.69, 9.17) is 9.90 Å². The van der Waals surface area contributed by atoms with Gasteiger partial charge < -0.3 is 20.4 Å². The molecule has 3 aromatic heterocycles. The summed E-state index contributed by atoms with van der Waals surface area (Å²) in [6, 6.07) is 12.9. The quantitative estimate of drug-likeness (QED) is 0.277. The lowest BCUT2D eigenvalue weighted by Gasteiger charge is -2.37. The Balaban J connectivity index is 0.00000100. The first kappa shape index (κ1) is 28.6. The van der Waals surface area contributed by atoms with Gasteiger partial charge in [0.2, 0.25) is 0 Å². The zero-order valence-corrected chi connectivity index (χ0v) is 25.3. The molecule has 0 radical (unpaired) electrons. The number of nitriles is 1. The maximum absolute atomic E-state index is 12.9. The lowest BCUT2D eigenvalue weighted by atomic mass is 9.90. The summed E-state index contributed by atoms with van der Waals surface area (Å²) in [6.07, 6.45) is 7.98. The number of hydrogen-bond donors (Lipinski definition) is 3. The van der Waals surface area contributed by atoms with Gasteiger partial charge in [0.25, 0.3) is 12.0 Å². The molecule has 10 nitrogen and oxygen atoms in total. The molecule has 4 aliphatic rings. The van der Waals surface area contributed by atoms with Crippen LogP contribution in [-0.2, 0) is 16.8 Å². The van der Waals surface area contributed by atoms with Crippen molar-refractivity contribution in [3.63, 3.8) is 0 Å². The highest BCUT2D eigenvalue weighted by Gasteiger charge is 2.48. The Labute approximate surface area is 258 Å². The van der Waals surface area contributed by atoms with Crippen molar-refractivity contribution in [1.82, 2.24) is 20.1 Å². The Morgan fingerprint density at radius 1 is 1.23 bits per heavy atom. The maximum atomic E-state index is 12.9. The minimum absolute atomic E-state index is 0.0713. The number of rotatable bonds is 6. The van der Waals surface area contributed by atoms with E-state index < -0.39 is 0 Å². The smallest absolute Gasteiger partial charge is 0.290 e. The van der Waals surface area contributed by atoms with Crippen LogP contribution in [0.25, 0.3) is 21.3 Å². The van der Waals surface area contributed by atoms with Crippen LogP contribution < -0.4 is 15.8 Å². The van der Waals surface area contributed by atoms with E-state index in [0.29, 0.717) is 30.0 Å². The number of aliphatic hydroxyl groups is 1. The number of anilines is 1. The van der Waals surface area contributed by atoms with Crippen LogP contribution in [0.3, 0.4) is 0 Å². The zero-order chi connectivity index (χ0) is 30.6. The molecule has 2 aliphatic heterocycles. The molecule has 0 bridgehead atoms. The van der Waals surface area contributed by atoms with Gasteiger partial charge in [-0.3, -0.25) is 14.6 Å². The van der Waals surface area contributed by atoms with Gasteiger partial charge in [-0.2, -0.15) is 10.4 Å². The molecule has 2 aliphatic carbocycles. The third kappa shape index (κ3) is 5.07. The van der Waals surface area contributed by atoms with Gasteiger partial charge in [0, 0.05) is 59.1 Å². The number of carbonyl (C=O) groups is 1. The average molecular weight is 611 g/mol. The fourth-order valence-corrected chi connectivity index (χ4v) is 8.12. The molecule has 2 saturated carbocycles. The van der Waals surface area contributed by atoms with Crippen LogP contribution in [0.5, 0.6) is 0 Å². The molecule has 11 heteroatoms. The third-order valence-electron chi connectivity index (χ3n) is 9.79. The molecule has 1 aromatic carbocycles. The van der Waals surface area contributed by atoms with Crippen LogP contribution in [0.4, 0.5) is 5.69 Å². The summed E-state index contributed by atoms with van der Waals surface area (Å²) in [6.45, 7) is 4.33. The Bertz CT molecular complexity index is 1860. The highest BCUT2D eigenvalue weighted by atomic mass is 32.1. The summed E-state index contributed by atoms with van der Waals surface area (Å²) >= 11 is 1.65. The largest absolute Gasteiger partial charge is 0.483 e. The van der Waals surface area contributed by atoms with Gasteiger partial charge in [-0.05, 0) is 78.3 Å². The lowest BCUT2D eigenvalue weighted by molar-refractivity contribution is -0.122. The van der Waals surface area contributed by atoms with E-state index >= 15 is 0 Å². The summed E-state index contributed by atoms with van der Waals surface area (Å²) < 4.78 is 2.60. The fraction of sp³-hybridized carbons (Fsp3) is 0.424. The van der Waals surface area contributed by atoms with E-state index in [1.807, 2.05) is 18.5 Å². The van der Waals surface area contributed by atoms with Gasteiger partial charge in [-0.25, -0.2) is 4.68 Å². The van der Waals surface area contributed by atoms with Crippen LogP contribution in [0.2, 0.25) is 0 Å². The Morgan fingerprint density at radius 3 is 2.75 bits per heavy atom. The normalized spacial score (nSPS) is 24.1. The van der Waals surface area contributed by atoms with E-state index in [0.717, 1.165) is 70.6 Å². The highest BCUT2D eigenvalue weighted by molar-refractivity contribution is 7.19. The second-order valence-electron chi connectivity index (χ2n) is 12.7. The van der Waals surface area contributed by atoms with Crippen molar-refractivity contribution in [3.05, 3.63) is 74.6 Å². The van der Waals surface area contributed by atoms with Gasteiger partial charge in [0.15, 0.2) is 0 Å². The number of thiophene rings is 1. The zero-order valence-electron chi connectivity index (χ0n) is 24.4.